The summed E-state index contributed by atoms with van der Waals surface area (Å²) in [5.74, 6) is 5.51. The van der Waals surface area contributed by atoms with Crippen molar-refractivity contribution in [2.24, 2.45) is 5.84 Å². The van der Waals surface area contributed by atoms with Crippen LogP contribution >= 0.6 is 0 Å². The van der Waals surface area contributed by atoms with E-state index in [4.69, 9.17) is 10.6 Å². The van der Waals surface area contributed by atoms with Crippen LogP contribution in [0.15, 0.2) is 12.2 Å². The zero-order chi connectivity index (χ0) is 11.0. The zero-order valence-electron chi connectivity index (χ0n) is 9.68. The Morgan fingerprint density at radius 1 is 1.50 bits per heavy atom. The molecular weight excluding hydrogens is 176 g/mol. The maximum atomic E-state index is 5.51. The Morgan fingerprint density at radius 2 is 2.14 bits per heavy atom. The maximum absolute atomic E-state index is 5.51. The third-order valence-corrected chi connectivity index (χ3v) is 2.42. The van der Waals surface area contributed by atoms with Gasteiger partial charge in [-0.1, -0.05) is 18.9 Å². The van der Waals surface area contributed by atoms with Crippen molar-refractivity contribution in [3.8, 4) is 0 Å². The van der Waals surface area contributed by atoms with Gasteiger partial charge in [-0.05, 0) is 26.2 Å². The Hall–Kier alpha value is -0.380. The molecule has 84 valence electrons. The third-order valence-electron chi connectivity index (χ3n) is 2.42. The number of hydrogen-bond donors (Lipinski definition) is 2. The molecule has 0 aromatic rings. The first kappa shape index (κ1) is 13.6. The second-order valence-corrected chi connectivity index (χ2v) is 3.83. The Bertz CT molecular complexity index is 159. The van der Waals surface area contributed by atoms with Crippen molar-refractivity contribution in [3.05, 3.63) is 12.2 Å². The van der Waals surface area contributed by atoms with E-state index in [1.54, 1.807) is 7.11 Å². The number of hydrogen-bond acceptors (Lipinski definition) is 3. The number of allylic oxidation sites excluding steroid dienone is 1. The summed E-state index contributed by atoms with van der Waals surface area (Å²) in [5.41, 5.74) is 4.02. The Morgan fingerprint density at radius 3 is 2.50 bits per heavy atom. The van der Waals surface area contributed by atoms with Crippen molar-refractivity contribution in [1.29, 1.82) is 0 Å². The molecule has 0 aromatic heterocycles. The van der Waals surface area contributed by atoms with Crippen LogP contribution in [0, 0.1) is 0 Å². The third kappa shape index (κ3) is 5.37. The van der Waals surface area contributed by atoms with Crippen molar-refractivity contribution < 1.29 is 4.74 Å². The molecule has 0 aliphatic rings. The summed E-state index contributed by atoms with van der Waals surface area (Å²) >= 11 is 0. The minimum Gasteiger partial charge on any atom is -0.380 e. The van der Waals surface area contributed by atoms with Gasteiger partial charge in [-0.2, -0.15) is 0 Å². The highest BCUT2D eigenvalue weighted by Crippen LogP contribution is 2.13. The van der Waals surface area contributed by atoms with Gasteiger partial charge in [-0.15, -0.1) is 6.58 Å². The number of nitrogens with one attached hydrogen (secondary N) is 1. The molecule has 3 N–H and O–H groups in total. The number of ether oxygens (including phenoxy) is 1. The fourth-order valence-electron chi connectivity index (χ4n) is 1.55. The number of nitrogens with two attached hydrogens (primary N) is 1. The van der Waals surface area contributed by atoms with Crippen LogP contribution in [0.25, 0.3) is 0 Å². The lowest BCUT2D eigenvalue weighted by Gasteiger charge is -2.25. The van der Waals surface area contributed by atoms with Crippen molar-refractivity contribution >= 4 is 0 Å². The minimum atomic E-state index is 0.212. The van der Waals surface area contributed by atoms with E-state index in [0.29, 0.717) is 0 Å². The smallest absolute Gasteiger partial charge is 0.0737 e. The van der Waals surface area contributed by atoms with Crippen LogP contribution in [-0.4, -0.2) is 19.3 Å². The van der Waals surface area contributed by atoms with E-state index >= 15 is 0 Å². The fourth-order valence-corrected chi connectivity index (χ4v) is 1.55. The lowest BCUT2D eigenvalue weighted by molar-refractivity contribution is 0.0582. The highest BCUT2D eigenvalue weighted by Gasteiger charge is 2.18. The Labute approximate surface area is 87.7 Å². The van der Waals surface area contributed by atoms with E-state index < -0.39 is 0 Å². The Balaban J connectivity index is 4.00. The van der Waals surface area contributed by atoms with Crippen LogP contribution in [0.5, 0.6) is 0 Å². The van der Waals surface area contributed by atoms with Crippen molar-refractivity contribution in [3.63, 3.8) is 0 Å². The van der Waals surface area contributed by atoms with Crippen molar-refractivity contribution in [1.82, 2.24) is 5.43 Å². The molecule has 0 rings (SSSR count). The van der Waals surface area contributed by atoms with Crippen molar-refractivity contribution in [2.45, 2.75) is 51.7 Å². The van der Waals surface area contributed by atoms with Gasteiger partial charge >= 0.3 is 0 Å². The molecule has 14 heavy (non-hydrogen) atoms. The average Bonchev–Trinajstić information content (AvgIpc) is 2.16. The van der Waals surface area contributed by atoms with Crippen LogP contribution in [0.3, 0.4) is 0 Å². The summed E-state index contributed by atoms with van der Waals surface area (Å²) in [6, 6.07) is 0.233. The van der Waals surface area contributed by atoms with E-state index in [-0.39, 0.29) is 12.1 Å². The lowest BCUT2D eigenvalue weighted by Crippen LogP contribution is -2.44. The lowest BCUT2D eigenvalue weighted by atomic mass is 10.00. The first-order chi connectivity index (χ1) is 6.65. The molecule has 0 aromatic carbocycles. The molecule has 2 unspecified atom stereocenters. The first-order valence-corrected chi connectivity index (χ1v) is 5.29. The van der Waals surface area contributed by atoms with E-state index in [1.165, 1.54) is 5.57 Å². The molecule has 0 fully saturated rings. The van der Waals surface area contributed by atoms with Crippen LogP contribution < -0.4 is 11.3 Å². The average molecular weight is 200 g/mol. The fraction of sp³-hybridized carbons (Fsp3) is 0.818. The minimum absolute atomic E-state index is 0.212. The molecule has 3 nitrogen and oxygen atoms in total. The van der Waals surface area contributed by atoms with Gasteiger partial charge in [0.2, 0.25) is 0 Å². The maximum Gasteiger partial charge on any atom is 0.0737 e. The van der Waals surface area contributed by atoms with Gasteiger partial charge in [-0.3, -0.25) is 11.3 Å². The van der Waals surface area contributed by atoms with E-state index in [0.717, 1.165) is 25.7 Å². The summed E-state index contributed by atoms with van der Waals surface area (Å²) in [4.78, 5) is 0. The van der Waals surface area contributed by atoms with Crippen LogP contribution in [0.1, 0.15) is 39.5 Å². The molecule has 3 heteroatoms. The van der Waals surface area contributed by atoms with Gasteiger partial charge in [0.05, 0.1) is 6.10 Å². The van der Waals surface area contributed by atoms with Gasteiger partial charge in [0.15, 0.2) is 0 Å². The highest BCUT2D eigenvalue weighted by molar-refractivity contribution is 4.90. The number of hydrazine groups is 1. The molecule has 0 spiro atoms. The number of methoxy groups -OCH3 is 1. The molecule has 2 atom stereocenters. The molecule has 0 aliphatic carbocycles. The van der Waals surface area contributed by atoms with Gasteiger partial charge in [0.1, 0.15) is 0 Å². The van der Waals surface area contributed by atoms with Crippen LogP contribution in [0.4, 0.5) is 0 Å². The van der Waals surface area contributed by atoms with Crippen LogP contribution in [-0.2, 0) is 4.74 Å². The second kappa shape index (κ2) is 7.97. The van der Waals surface area contributed by atoms with Gasteiger partial charge < -0.3 is 4.74 Å². The predicted octanol–water partition coefficient (Wildman–Crippen LogP) is 1.99. The molecule has 0 amide bonds. The highest BCUT2D eigenvalue weighted by atomic mass is 16.5. The monoisotopic (exact) mass is 200 g/mol. The summed E-state index contributed by atoms with van der Waals surface area (Å²) in [5, 5.41) is 0. The molecule has 0 saturated heterocycles. The molecule has 0 aliphatic heterocycles. The van der Waals surface area contributed by atoms with E-state index in [2.05, 4.69) is 18.9 Å². The normalized spacial score (nSPS) is 15.1. The van der Waals surface area contributed by atoms with E-state index in [1.807, 2.05) is 6.92 Å². The second-order valence-electron chi connectivity index (χ2n) is 3.83. The largest absolute Gasteiger partial charge is 0.380 e. The zero-order valence-corrected chi connectivity index (χ0v) is 9.68. The summed E-state index contributed by atoms with van der Waals surface area (Å²) in [7, 11) is 1.74. The van der Waals surface area contributed by atoms with Gasteiger partial charge in [-0.25, -0.2) is 0 Å². The van der Waals surface area contributed by atoms with Crippen molar-refractivity contribution in [2.75, 3.05) is 7.11 Å². The molecule has 0 radical (unpaired) electrons. The number of rotatable bonds is 8. The molecule has 0 saturated carbocycles. The molecular formula is C11H24N2O. The Kier molecular flexibility index (Phi) is 7.76. The predicted molar refractivity (Wildman–Crippen MR) is 60.9 cm³/mol. The van der Waals surface area contributed by atoms with Gasteiger partial charge in [0.25, 0.3) is 0 Å². The summed E-state index contributed by atoms with van der Waals surface area (Å²) in [6.07, 6.45) is 4.36. The summed E-state index contributed by atoms with van der Waals surface area (Å²) in [6.45, 7) is 8.07. The van der Waals surface area contributed by atoms with E-state index in [9.17, 15) is 0 Å². The standard InChI is InChI=1S/C11H24N2O/c1-5-6-11(14-4)10(13-12)8-7-9(2)3/h10-11,13H,2,5-8,12H2,1,3-4H3. The summed E-state index contributed by atoms with van der Waals surface area (Å²) < 4.78 is 5.40. The quantitative estimate of drug-likeness (QED) is 0.358. The van der Waals surface area contributed by atoms with Gasteiger partial charge in [0, 0.05) is 13.2 Å². The topological polar surface area (TPSA) is 47.3 Å². The SMILES string of the molecule is C=C(C)CCC(NN)C(CCC)OC. The first-order valence-electron chi connectivity index (χ1n) is 5.29. The van der Waals surface area contributed by atoms with Crippen LogP contribution in [0.2, 0.25) is 0 Å². The molecule has 0 bridgehead atoms. The molecule has 0 heterocycles.